The molecular formula is C14H8BrClN2O2S. The number of carbonyl (C=O) groups is 1. The summed E-state index contributed by atoms with van der Waals surface area (Å²) in [4.78, 5) is 12.2. The number of carboxylic acids is 1. The van der Waals surface area contributed by atoms with E-state index in [9.17, 15) is 9.90 Å². The minimum absolute atomic E-state index is 0.166. The first-order valence-electron chi connectivity index (χ1n) is 5.88. The lowest BCUT2D eigenvalue weighted by Gasteiger charge is -2.00. The maximum atomic E-state index is 11.4. The lowest BCUT2D eigenvalue weighted by molar-refractivity contribution is 0.0697. The molecule has 0 aliphatic heterocycles. The highest BCUT2D eigenvalue weighted by molar-refractivity contribution is 9.10. The number of hydrogen-bond donors (Lipinski definition) is 1. The molecule has 3 aromatic rings. The summed E-state index contributed by atoms with van der Waals surface area (Å²) < 4.78 is 2.45. The molecule has 0 aliphatic carbocycles. The second-order valence-electron chi connectivity index (χ2n) is 4.25. The summed E-state index contributed by atoms with van der Waals surface area (Å²) in [5.41, 5.74) is 1.37. The van der Waals surface area contributed by atoms with Gasteiger partial charge in [0.05, 0.1) is 10.6 Å². The monoisotopic (exact) mass is 382 g/mol. The van der Waals surface area contributed by atoms with Gasteiger partial charge in [0.2, 0.25) is 0 Å². The van der Waals surface area contributed by atoms with Crippen molar-refractivity contribution in [2.75, 3.05) is 0 Å². The Bertz CT molecular complexity index is 811. The minimum atomic E-state index is -1.00. The number of rotatable bonds is 3. The maximum Gasteiger partial charge on any atom is 0.339 e. The predicted octanol–water partition coefficient (Wildman–Crippen LogP) is 4.71. The molecule has 0 radical (unpaired) electrons. The SMILES string of the molecule is O=C(O)c1cn(-c2ccc(Cl)cc2)nc1-c1cc(Br)cs1. The summed E-state index contributed by atoms with van der Waals surface area (Å²) in [7, 11) is 0. The van der Waals surface area contributed by atoms with Crippen LogP contribution in [-0.2, 0) is 0 Å². The van der Waals surface area contributed by atoms with Gasteiger partial charge in [-0.05, 0) is 46.3 Å². The van der Waals surface area contributed by atoms with Crippen LogP contribution in [0.15, 0.2) is 46.4 Å². The van der Waals surface area contributed by atoms with Crippen LogP contribution in [0.25, 0.3) is 16.3 Å². The van der Waals surface area contributed by atoms with Crippen LogP contribution in [0.3, 0.4) is 0 Å². The number of hydrogen-bond acceptors (Lipinski definition) is 3. The fourth-order valence-corrected chi connectivity index (χ4v) is 3.43. The van der Waals surface area contributed by atoms with Crippen molar-refractivity contribution in [1.29, 1.82) is 0 Å². The van der Waals surface area contributed by atoms with E-state index in [1.807, 2.05) is 11.4 Å². The second-order valence-corrected chi connectivity index (χ2v) is 6.51. The van der Waals surface area contributed by atoms with Gasteiger partial charge >= 0.3 is 5.97 Å². The molecule has 0 bridgehead atoms. The topological polar surface area (TPSA) is 55.1 Å². The molecule has 3 rings (SSSR count). The summed E-state index contributed by atoms with van der Waals surface area (Å²) in [6, 6.07) is 8.90. The fourth-order valence-electron chi connectivity index (χ4n) is 1.88. The Hall–Kier alpha value is -1.63. The molecule has 4 nitrogen and oxygen atoms in total. The Morgan fingerprint density at radius 1 is 1.33 bits per heavy atom. The van der Waals surface area contributed by atoms with Crippen LogP contribution in [0, 0.1) is 0 Å². The summed E-state index contributed by atoms with van der Waals surface area (Å²) in [5.74, 6) is -1.00. The van der Waals surface area contributed by atoms with Crippen LogP contribution in [0.4, 0.5) is 0 Å². The molecule has 2 heterocycles. The van der Waals surface area contributed by atoms with Crippen molar-refractivity contribution in [2.24, 2.45) is 0 Å². The zero-order valence-corrected chi connectivity index (χ0v) is 13.6. The highest BCUT2D eigenvalue weighted by Crippen LogP contribution is 2.31. The maximum absolute atomic E-state index is 11.4. The van der Waals surface area contributed by atoms with Crippen molar-refractivity contribution in [1.82, 2.24) is 9.78 Å². The molecule has 0 saturated heterocycles. The molecular weight excluding hydrogens is 376 g/mol. The molecule has 0 spiro atoms. The number of aromatic carboxylic acids is 1. The number of thiophene rings is 1. The van der Waals surface area contributed by atoms with Crippen LogP contribution >= 0.6 is 38.9 Å². The van der Waals surface area contributed by atoms with E-state index < -0.39 is 5.97 Å². The summed E-state index contributed by atoms with van der Waals surface area (Å²) >= 11 is 10.7. The van der Waals surface area contributed by atoms with E-state index in [0.29, 0.717) is 10.7 Å². The molecule has 1 N–H and O–H groups in total. The second kappa shape index (κ2) is 5.63. The van der Waals surface area contributed by atoms with Crippen molar-refractivity contribution >= 4 is 44.8 Å². The molecule has 2 aromatic heterocycles. The zero-order valence-electron chi connectivity index (χ0n) is 10.5. The first-order valence-corrected chi connectivity index (χ1v) is 7.93. The lowest BCUT2D eigenvalue weighted by atomic mass is 10.2. The zero-order chi connectivity index (χ0) is 15.0. The highest BCUT2D eigenvalue weighted by atomic mass is 79.9. The van der Waals surface area contributed by atoms with E-state index >= 15 is 0 Å². The number of aromatic nitrogens is 2. The molecule has 0 amide bonds. The van der Waals surface area contributed by atoms with Crippen LogP contribution in [0.2, 0.25) is 5.02 Å². The van der Waals surface area contributed by atoms with Gasteiger partial charge in [0.25, 0.3) is 0 Å². The van der Waals surface area contributed by atoms with E-state index in [4.69, 9.17) is 11.6 Å². The summed E-state index contributed by atoms with van der Waals surface area (Å²) in [6.45, 7) is 0. The lowest BCUT2D eigenvalue weighted by Crippen LogP contribution is -1.96. The molecule has 21 heavy (non-hydrogen) atoms. The van der Waals surface area contributed by atoms with Gasteiger partial charge in [-0.15, -0.1) is 11.3 Å². The van der Waals surface area contributed by atoms with E-state index in [1.54, 1.807) is 28.9 Å². The Morgan fingerprint density at radius 2 is 2.05 bits per heavy atom. The number of halogens is 2. The third-order valence-electron chi connectivity index (χ3n) is 2.84. The highest BCUT2D eigenvalue weighted by Gasteiger charge is 2.19. The third-order valence-corrected chi connectivity index (χ3v) is 4.79. The average molecular weight is 384 g/mol. The molecule has 1 aromatic carbocycles. The van der Waals surface area contributed by atoms with Gasteiger partial charge < -0.3 is 5.11 Å². The third kappa shape index (κ3) is 2.88. The molecule has 0 atom stereocenters. The van der Waals surface area contributed by atoms with Gasteiger partial charge in [0, 0.05) is 21.1 Å². The molecule has 0 fully saturated rings. The number of carboxylic acid groups (broad SMARTS) is 1. The van der Waals surface area contributed by atoms with E-state index in [1.165, 1.54) is 17.5 Å². The Balaban J connectivity index is 2.12. The molecule has 0 saturated carbocycles. The predicted molar refractivity (Wildman–Crippen MR) is 86.5 cm³/mol. The van der Waals surface area contributed by atoms with E-state index in [2.05, 4.69) is 21.0 Å². The van der Waals surface area contributed by atoms with Gasteiger partial charge in [-0.25, -0.2) is 9.48 Å². The fraction of sp³-hybridized carbons (Fsp3) is 0. The van der Waals surface area contributed by atoms with Gasteiger partial charge in [-0.2, -0.15) is 5.10 Å². The smallest absolute Gasteiger partial charge is 0.339 e. The summed E-state index contributed by atoms with van der Waals surface area (Å²) in [5, 5.41) is 16.3. The van der Waals surface area contributed by atoms with E-state index in [-0.39, 0.29) is 5.56 Å². The largest absolute Gasteiger partial charge is 0.478 e. The normalized spacial score (nSPS) is 10.8. The Kier molecular flexibility index (Phi) is 3.84. The molecule has 7 heteroatoms. The van der Waals surface area contributed by atoms with Crippen LogP contribution in [0.5, 0.6) is 0 Å². The van der Waals surface area contributed by atoms with Crippen molar-refractivity contribution < 1.29 is 9.90 Å². The van der Waals surface area contributed by atoms with Crippen molar-refractivity contribution in [3.63, 3.8) is 0 Å². The van der Waals surface area contributed by atoms with Gasteiger partial charge in [-0.3, -0.25) is 0 Å². The van der Waals surface area contributed by atoms with Crippen molar-refractivity contribution in [3.05, 3.63) is 57.0 Å². The number of nitrogens with zero attached hydrogens (tertiary/aromatic N) is 2. The van der Waals surface area contributed by atoms with Crippen LogP contribution < -0.4 is 0 Å². The van der Waals surface area contributed by atoms with Gasteiger partial charge in [0.15, 0.2) is 0 Å². The molecule has 106 valence electrons. The Morgan fingerprint density at radius 3 is 2.62 bits per heavy atom. The minimum Gasteiger partial charge on any atom is -0.478 e. The molecule has 0 unspecified atom stereocenters. The molecule has 0 aliphatic rings. The first kappa shape index (κ1) is 14.3. The standard InChI is InChI=1S/C14H8BrClN2O2S/c15-8-5-12(21-7-8)13-11(14(19)20)6-18(17-13)10-3-1-9(16)2-4-10/h1-7H,(H,19,20). The quantitative estimate of drug-likeness (QED) is 0.712. The Labute approximate surface area is 137 Å². The summed E-state index contributed by atoms with van der Waals surface area (Å²) in [6.07, 6.45) is 1.51. The van der Waals surface area contributed by atoms with Gasteiger partial charge in [0.1, 0.15) is 11.3 Å². The van der Waals surface area contributed by atoms with Crippen LogP contribution in [0.1, 0.15) is 10.4 Å². The van der Waals surface area contributed by atoms with Crippen LogP contribution in [-0.4, -0.2) is 20.9 Å². The number of benzene rings is 1. The first-order chi connectivity index (χ1) is 10.0. The van der Waals surface area contributed by atoms with E-state index in [0.717, 1.165) is 15.0 Å². The average Bonchev–Trinajstić information content (AvgIpc) is 3.05. The van der Waals surface area contributed by atoms with Crippen molar-refractivity contribution in [3.8, 4) is 16.3 Å². The van der Waals surface area contributed by atoms with Crippen molar-refractivity contribution in [2.45, 2.75) is 0 Å². The van der Waals surface area contributed by atoms with Gasteiger partial charge in [-0.1, -0.05) is 11.6 Å².